The Labute approximate surface area is 213 Å². The number of likely N-dealkylation sites (tertiary alicyclic amines) is 1. The summed E-state index contributed by atoms with van der Waals surface area (Å²) in [4.78, 5) is 18.6. The predicted molar refractivity (Wildman–Crippen MR) is 146 cm³/mol. The zero-order chi connectivity index (χ0) is 22.2. The summed E-state index contributed by atoms with van der Waals surface area (Å²) in [5.74, 6) is 0.999. The van der Waals surface area contributed by atoms with E-state index >= 15 is 0 Å². The standard InChI is InChI=1S/C27H30N4O.HI/c1-21-9-11-22(12-10-21)18-28-27(30-25-6-3-2-4-7-25)29-19-23-13-15-24(16-14-23)20-31-17-5-8-26(31)32;/h2-4,6-7,9-16H,5,8,17-20H2,1H3,(H2,28,29,30);1H. The van der Waals surface area contributed by atoms with Crippen LogP contribution in [0.5, 0.6) is 0 Å². The lowest BCUT2D eigenvalue weighted by Crippen LogP contribution is -2.30. The van der Waals surface area contributed by atoms with Gasteiger partial charge in [-0.2, -0.15) is 0 Å². The summed E-state index contributed by atoms with van der Waals surface area (Å²) in [5, 5.41) is 6.82. The number of carbonyl (C=O) groups excluding carboxylic acids is 1. The van der Waals surface area contributed by atoms with E-state index in [1.807, 2.05) is 35.2 Å². The van der Waals surface area contributed by atoms with E-state index in [2.05, 4.69) is 66.1 Å². The molecule has 6 heteroatoms. The molecule has 0 aromatic heterocycles. The van der Waals surface area contributed by atoms with Crippen molar-refractivity contribution in [2.75, 3.05) is 11.9 Å². The number of nitrogens with one attached hydrogen (secondary N) is 2. The molecule has 0 unspecified atom stereocenters. The number of anilines is 1. The highest BCUT2D eigenvalue weighted by atomic mass is 127. The van der Waals surface area contributed by atoms with Crippen LogP contribution in [0, 0.1) is 6.92 Å². The third kappa shape index (κ3) is 7.60. The molecule has 1 fully saturated rings. The van der Waals surface area contributed by atoms with Crippen LogP contribution in [0.2, 0.25) is 0 Å². The van der Waals surface area contributed by atoms with Gasteiger partial charge in [-0.25, -0.2) is 4.99 Å². The van der Waals surface area contributed by atoms with E-state index < -0.39 is 0 Å². The average Bonchev–Trinajstić information content (AvgIpc) is 3.22. The van der Waals surface area contributed by atoms with Crippen molar-refractivity contribution < 1.29 is 4.79 Å². The van der Waals surface area contributed by atoms with Crippen molar-refractivity contribution in [2.45, 2.75) is 39.4 Å². The molecule has 1 aliphatic rings. The van der Waals surface area contributed by atoms with Crippen LogP contribution in [0.4, 0.5) is 5.69 Å². The maximum Gasteiger partial charge on any atom is 0.222 e. The Hall–Kier alpha value is -2.87. The molecule has 0 atom stereocenters. The molecule has 172 valence electrons. The fourth-order valence-electron chi connectivity index (χ4n) is 3.70. The Morgan fingerprint density at radius 1 is 0.909 bits per heavy atom. The first-order valence-corrected chi connectivity index (χ1v) is 11.2. The molecule has 33 heavy (non-hydrogen) atoms. The van der Waals surface area contributed by atoms with E-state index in [1.165, 1.54) is 11.1 Å². The zero-order valence-corrected chi connectivity index (χ0v) is 21.3. The number of aryl methyl sites for hydroxylation is 1. The number of hydrogen-bond donors (Lipinski definition) is 2. The number of guanidine groups is 1. The van der Waals surface area contributed by atoms with Gasteiger partial charge in [0.05, 0.1) is 6.54 Å². The van der Waals surface area contributed by atoms with E-state index in [1.54, 1.807) is 0 Å². The minimum absolute atomic E-state index is 0. The molecular formula is C27H31IN4O. The lowest BCUT2D eigenvalue weighted by molar-refractivity contribution is -0.128. The van der Waals surface area contributed by atoms with Gasteiger partial charge in [-0.15, -0.1) is 24.0 Å². The molecule has 3 aromatic rings. The average molecular weight is 554 g/mol. The van der Waals surface area contributed by atoms with Gasteiger partial charge in [-0.1, -0.05) is 72.3 Å². The number of carbonyl (C=O) groups is 1. The van der Waals surface area contributed by atoms with Gasteiger partial charge in [0.1, 0.15) is 0 Å². The van der Waals surface area contributed by atoms with Gasteiger partial charge in [-0.05, 0) is 42.2 Å². The molecule has 0 aliphatic carbocycles. The van der Waals surface area contributed by atoms with Gasteiger partial charge >= 0.3 is 0 Å². The summed E-state index contributed by atoms with van der Waals surface area (Å²) < 4.78 is 0. The molecule has 2 N–H and O–H groups in total. The molecule has 1 aliphatic heterocycles. The summed E-state index contributed by atoms with van der Waals surface area (Å²) in [6.07, 6.45) is 1.65. The quantitative estimate of drug-likeness (QED) is 0.231. The number of hydrogen-bond acceptors (Lipinski definition) is 2. The third-order valence-electron chi connectivity index (χ3n) is 5.60. The van der Waals surface area contributed by atoms with Crippen molar-refractivity contribution in [3.8, 4) is 0 Å². The van der Waals surface area contributed by atoms with Crippen LogP contribution in [0.1, 0.15) is 35.1 Å². The molecular weight excluding hydrogens is 523 g/mol. The van der Waals surface area contributed by atoms with Gasteiger partial charge in [-0.3, -0.25) is 4.79 Å². The Bertz CT molecular complexity index is 1050. The molecule has 3 aromatic carbocycles. The smallest absolute Gasteiger partial charge is 0.222 e. The van der Waals surface area contributed by atoms with Gasteiger partial charge in [0.25, 0.3) is 0 Å². The second kappa shape index (κ2) is 12.4. The Balaban J connectivity index is 0.00000306. The van der Waals surface area contributed by atoms with Crippen molar-refractivity contribution in [1.82, 2.24) is 10.2 Å². The molecule has 0 bridgehead atoms. The fourth-order valence-corrected chi connectivity index (χ4v) is 3.70. The van der Waals surface area contributed by atoms with Crippen LogP contribution in [-0.2, 0) is 24.4 Å². The number of para-hydroxylation sites is 1. The molecule has 0 saturated carbocycles. The molecule has 5 nitrogen and oxygen atoms in total. The van der Waals surface area contributed by atoms with Crippen LogP contribution in [0.15, 0.2) is 83.9 Å². The molecule has 1 saturated heterocycles. The number of aliphatic imine (C=N–C) groups is 1. The largest absolute Gasteiger partial charge is 0.352 e. The highest BCUT2D eigenvalue weighted by molar-refractivity contribution is 14.0. The SMILES string of the molecule is Cc1ccc(CNC(=NCc2ccc(CN3CCCC3=O)cc2)Nc2ccccc2)cc1.I. The van der Waals surface area contributed by atoms with Gasteiger partial charge < -0.3 is 15.5 Å². The maximum absolute atomic E-state index is 11.8. The highest BCUT2D eigenvalue weighted by Crippen LogP contribution is 2.15. The van der Waals surface area contributed by atoms with E-state index in [0.29, 0.717) is 26.1 Å². The lowest BCUT2D eigenvalue weighted by Gasteiger charge is -2.15. The summed E-state index contributed by atoms with van der Waals surface area (Å²) in [7, 11) is 0. The number of benzene rings is 3. The van der Waals surface area contributed by atoms with Crippen LogP contribution < -0.4 is 10.6 Å². The Morgan fingerprint density at radius 2 is 1.58 bits per heavy atom. The number of halogens is 1. The second-order valence-electron chi connectivity index (χ2n) is 8.23. The summed E-state index contributed by atoms with van der Waals surface area (Å²) in [6.45, 7) is 4.92. The normalized spacial score (nSPS) is 13.5. The Morgan fingerprint density at radius 3 is 2.24 bits per heavy atom. The van der Waals surface area contributed by atoms with Gasteiger partial charge in [0.15, 0.2) is 5.96 Å². The molecule has 0 spiro atoms. The van der Waals surface area contributed by atoms with Crippen LogP contribution in [0.3, 0.4) is 0 Å². The summed E-state index contributed by atoms with van der Waals surface area (Å²) >= 11 is 0. The van der Waals surface area contributed by atoms with E-state index in [0.717, 1.165) is 35.7 Å². The molecule has 0 radical (unpaired) electrons. The highest BCUT2D eigenvalue weighted by Gasteiger charge is 2.19. The maximum atomic E-state index is 11.8. The molecule has 4 rings (SSSR count). The minimum Gasteiger partial charge on any atom is -0.352 e. The summed E-state index contributed by atoms with van der Waals surface area (Å²) in [5.41, 5.74) is 5.74. The molecule has 1 amide bonds. The van der Waals surface area contributed by atoms with Crippen molar-refractivity contribution in [3.05, 3.63) is 101 Å². The first-order chi connectivity index (χ1) is 15.7. The van der Waals surface area contributed by atoms with Crippen molar-refractivity contribution in [3.63, 3.8) is 0 Å². The Kier molecular flexibility index (Phi) is 9.30. The number of amides is 1. The first kappa shape index (κ1) is 24.8. The number of rotatable bonds is 7. The van der Waals surface area contributed by atoms with Crippen LogP contribution >= 0.6 is 24.0 Å². The van der Waals surface area contributed by atoms with Crippen LogP contribution in [0.25, 0.3) is 0 Å². The topological polar surface area (TPSA) is 56.7 Å². The first-order valence-electron chi connectivity index (χ1n) is 11.2. The monoisotopic (exact) mass is 554 g/mol. The lowest BCUT2D eigenvalue weighted by atomic mass is 10.1. The van der Waals surface area contributed by atoms with Gasteiger partial charge in [0, 0.05) is 31.7 Å². The molecule has 1 heterocycles. The second-order valence-corrected chi connectivity index (χ2v) is 8.23. The zero-order valence-electron chi connectivity index (χ0n) is 19.0. The third-order valence-corrected chi connectivity index (χ3v) is 5.60. The minimum atomic E-state index is 0. The predicted octanol–water partition coefficient (Wildman–Crippen LogP) is 5.49. The van der Waals surface area contributed by atoms with Crippen molar-refractivity contribution >= 4 is 41.5 Å². The van der Waals surface area contributed by atoms with E-state index in [9.17, 15) is 4.79 Å². The number of nitrogens with zero attached hydrogens (tertiary/aromatic N) is 2. The van der Waals surface area contributed by atoms with Crippen molar-refractivity contribution in [1.29, 1.82) is 0 Å². The van der Waals surface area contributed by atoms with E-state index in [-0.39, 0.29) is 29.9 Å². The van der Waals surface area contributed by atoms with Crippen molar-refractivity contribution in [2.24, 2.45) is 4.99 Å². The van der Waals surface area contributed by atoms with Gasteiger partial charge in [0.2, 0.25) is 5.91 Å². The van der Waals surface area contributed by atoms with Crippen LogP contribution in [-0.4, -0.2) is 23.3 Å². The fraction of sp³-hybridized carbons (Fsp3) is 0.259. The summed E-state index contributed by atoms with van der Waals surface area (Å²) in [6, 6.07) is 26.9. The van der Waals surface area contributed by atoms with E-state index in [4.69, 9.17) is 4.99 Å².